The number of aliphatic hydroxyl groups excluding tert-OH is 1. The molecule has 0 aromatic carbocycles. The Balaban J connectivity index is 2.54. The lowest BCUT2D eigenvalue weighted by atomic mass is 9.71. The highest BCUT2D eigenvalue weighted by atomic mass is 16.3. The number of aliphatic hydroxyl groups is 1. The van der Waals surface area contributed by atoms with E-state index in [1.54, 1.807) is 0 Å². The van der Waals surface area contributed by atoms with E-state index in [9.17, 15) is 5.11 Å². The molecule has 3 N–H and O–H groups in total. The fraction of sp³-hybridized carbons (Fsp3) is 1.00. The van der Waals surface area contributed by atoms with Gasteiger partial charge in [0.1, 0.15) is 0 Å². The first kappa shape index (κ1) is 14.0. The average molecular weight is 227 g/mol. The van der Waals surface area contributed by atoms with E-state index in [4.69, 9.17) is 5.73 Å². The summed E-state index contributed by atoms with van der Waals surface area (Å²) in [5.41, 5.74) is 5.83. The molecule has 1 rings (SSSR count). The van der Waals surface area contributed by atoms with Gasteiger partial charge in [-0.15, -0.1) is 0 Å². The molecule has 16 heavy (non-hydrogen) atoms. The van der Waals surface area contributed by atoms with Crippen molar-refractivity contribution in [2.24, 2.45) is 29.4 Å². The van der Waals surface area contributed by atoms with Crippen LogP contribution in [0.2, 0.25) is 0 Å². The van der Waals surface area contributed by atoms with E-state index in [2.05, 4.69) is 20.8 Å². The van der Waals surface area contributed by atoms with Crippen molar-refractivity contribution in [3.63, 3.8) is 0 Å². The second-order valence-corrected chi connectivity index (χ2v) is 6.07. The minimum Gasteiger partial charge on any atom is -0.393 e. The molecule has 0 heterocycles. The van der Waals surface area contributed by atoms with Gasteiger partial charge in [-0.3, -0.25) is 0 Å². The monoisotopic (exact) mass is 227 g/mol. The molecule has 0 saturated heterocycles. The van der Waals surface area contributed by atoms with Crippen LogP contribution in [0.5, 0.6) is 0 Å². The summed E-state index contributed by atoms with van der Waals surface area (Å²) in [7, 11) is 0. The van der Waals surface area contributed by atoms with E-state index in [-0.39, 0.29) is 6.10 Å². The lowest BCUT2D eigenvalue weighted by Gasteiger charge is -2.36. The Labute approximate surface area is 101 Å². The van der Waals surface area contributed by atoms with Gasteiger partial charge in [-0.05, 0) is 62.3 Å². The highest BCUT2D eigenvalue weighted by Crippen LogP contribution is 2.37. The maximum atomic E-state index is 9.56. The summed E-state index contributed by atoms with van der Waals surface area (Å²) in [4.78, 5) is 0. The summed E-state index contributed by atoms with van der Waals surface area (Å²) in [6.45, 7) is 7.69. The lowest BCUT2D eigenvalue weighted by molar-refractivity contribution is 0.0729. The van der Waals surface area contributed by atoms with E-state index >= 15 is 0 Å². The fourth-order valence-corrected chi connectivity index (χ4v) is 3.14. The Bertz CT molecular complexity index is 185. The molecule has 1 aliphatic rings. The molecular weight excluding hydrogens is 198 g/mol. The van der Waals surface area contributed by atoms with Crippen LogP contribution in [-0.4, -0.2) is 17.8 Å². The van der Waals surface area contributed by atoms with Crippen molar-refractivity contribution < 1.29 is 5.11 Å². The van der Waals surface area contributed by atoms with Gasteiger partial charge in [0.05, 0.1) is 6.10 Å². The molecule has 0 amide bonds. The molecule has 1 fully saturated rings. The van der Waals surface area contributed by atoms with Crippen LogP contribution in [0.15, 0.2) is 0 Å². The van der Waals surface area contributed by atoms with Gasteiger partial charge in [0.2, 0.25) is 0 Å². The smallest absolute Gasteiger partial charge is 0.0540 e. The summed E-state index contributed by atoms with van der Waals surface area (Å²) < 4.78 is 0. The number of nitrogens with two attached hydrogens (primary N) is 1. The van der Waals surface area contributed by atoms with Crippen LogP contribution in [0.4, 0.5) is 0 Å². The van der Waals surface area contributed by atoms with Crippen molar-refractivity contribution >= 4 is 0 Å². The Kier molecular flexibility index (Phi) is 5.77. The summed E-state index contributed by atoms with van der Waals surface area (Å²) >= 11 is 0. The first-order chi connectivity index (χ1) is 7.54. The Morgan fingerprint density at radius 3 is 2.12 bits per heavy atom. The molecule has 2 nitrogen and oxygen atoms in total. The maximum absolute atomic E-state index is 9.56. The third-order valence-electron chi connectivity index (χ3n) is 4.19. The Morgan fingerprint density at radius 1 is 1.12 bits per heavy atom. The van der Waals surface area contributed by atoms with Gasteiger partial charge in [0.15, 0.2) is 0 Å². The van der Waals surface area contributed by atoms with Crippen LogP contribution < -0.4 is 5.73 Å². The van der Waals surface area contributed by atoms with Crippen LogP contribution in [0.25, 0.3) is 0 Å². The number of rotatable bonds is 5. The summed E-state index contributed by atoms with van der Waals surface area (Å²) in [6.07, 6.45) is 5.64. The topological polar surface area (TPSA) is 46.2 Å². The second kappa shape index (κ2) is 6.61. The Hall–Kier alpha value is -0.0800. The van der Waals surface area contributed by atoms with E-state index in [1.807, 2.05) is 0 Å². The predicted octanol–water partition coefficient (Wildman–Crippen LogP) is 2.79. The molecule has 0 bridgehead atoms. The fourth-order valence-electron chi connectivity index (χ4n) is 3.14. The van der Waals surface area contributed by atoms with Gasteiger partial charge < -0.3 is 10.8 Å². The van der Waals surface area contributed by atoms with Gasteiger partial charge in [-0.25, -0.2) is 0 Å². The molecule has 1 saturated carbocycles. The first-order valence-electron chi connectivity index (χ1n) is 6.92. The van der Waals surface area contributed by atoms with Crippen LogP contribution in [0.3, 0.4) is 0 Å². The average Bonchev–Trinajstić information content (AvgIpc) is 2.26. The molecule has 0 aromatic rings. The Morgan fingerprint density at radius 2 is 1.69 bits per heavy atom. The molecular formula is C14H29NO. The zero-order valence-corrected chi connectivity index (χ0v) is 11.2. The van der Waals surface area contributed by atoms with Crippen LogP contribution in [-0.2, 0) is 0 Å². The maximum Gasteiger partial charge on any atom is 0.0540 e. The first-order valence-corrected chi connectivity index (χ1v) is 6.92. The molecule has 0 spiro atoms. The van der Waals surface area contributed by atoms with Gasteiger partial charge in [0.25, 0.3) is 0 Å². The third-order valence-corrected chi connectivity index (χ3v) is 4.19. The molecule has 2 unspecified atom stereocenters. The standard InChI is InChI=1S/C14H29NO/c1-10(2)8-14(11(3)9-15)12-4-6-13(16)7-5-12/h10-14,16H,4-9,15H2,1-3H3. The highest BCUT2D eigenvalue weighted by Gasteiger charge is 2.30. The van der Waals surface area contributed by atoms with Gasteiger partial charge in [-0.2, -0.15) is 0 Å². The van der Waals surface area contributed by atoms with Crippen LogP contribution >= 0.6 is 0 Å². The van der Waals surface area contributed by atoms with Crippen LogP contribution in [0.1, 0.15) is 52.9 Å². The predicted molar refractivity (Wildman–Crippen MR) is 69.1 cm³/mol. The number of hydrogen-bond donors (Lipinski definition) is 2. The van der Waals surface area contributed by atoms with Crippen LogP contribution in [0, 0.1) is 23.7 Å². The van der Waals surface area contributed by atoms with E-state index in [0.717, 1.165) is 37.1 Å². The molecule has 2 heteroatoms. The summed E-state index contributed by atoms with van der Waals surface area (Å²) in [5.74, 6) is 2.94. The molecule has 96 valence electrons. The minimum atomic E-state index is -0.0378. The van der Waals surface area contributed by atoms with Crippen molar-refractivity contribution in [3.05, 3.63) is 0 Å². The zero-order valence-electron chi connectivity index (χ0n) is 11.2. The van der Waals surface area contributed by atoms with Gasteiger partial charge in [0, 0.05) is 0 Å². The minimum absolute atomic E-state index is 0.0378. The van der Waals surface area contributed by atoms with Crippen molar-refractivity contribution in [2.45, 2.75) is 59.0 Å². The van der Waals surface area contributed by atoms with Crippen molar-refractivity contribution in [1.82, 2.24) is 0 Å². The third kappa shape index (κ3) is 4.06. The number of hydrogen-bond acceptors (Lipinski definition) is 2. The van der Waals surface area contributed by atoms with E-state index in [0.29, 0.717) is 5.92 Å². The van der Waals surface area contributed by atoms with Crippen molar-refractivity contribution in [3.8, 4) is 0 Å². The second-order valence-electron chi connectivity index (χ2n) is 6.07. The quantitative estimate of drug-likeness (QED) is 0.758. The highest BCUT2D eigenvalue weighted by molar-refractivity contribution is 4.81. The summed E-state index contributed by atoms with van der Waals surface area (Å²) in [6, 6.07) is 0. The molecule has 0 aliphatic heterocycles. The SMILES string of the molecule is CC(C)CC(C(C)CN)C1CCC(O)CC1. The van der Waals surface area contributed by atoms with Gasteiger partial charge in [-0.1, -0.05) is 20.8 Å². The van der Waals surface area contributed by atoms with Crippen molar-refractivity contribution in [2.75, 3.05) is 6.54 Å². The molecule has 0 radical (unpaired) electrons. The van der Waals surface area contributed by atoms with E-state index < -0.39 is 0 Å². The van der Waals surface area contributed by atoms with Gasteiger partial charge >= 0.3 is 0 Å². The van der Waals surface area contributed by atoms with Crippen molar-refractivity contribution in [1.29, 1.82) is 0 Å². The zero-order chi connectivity index (χ0) is 12.1. The molecule has 1 aliphatic carbocycles. The summed E-state index contributed by atoms with van der Waals surface area (Å²) in [5, 5.41) is 9.56. The normalized spacial score (nSPS) is 30.4. The largest absolute Gasteiger partial charge is 0.393 e. The lowest BCUT2D eigenvalue weighted by Crippen LogP contribution is -2.32. The molecule has 2 atom stereocenters. The van der Waals surface area contributed by atoms with E-state index in [1.165, 1.54) is 19.3 Å². The molecule has 0 aromatic heterocycles.